The maximum atomic E-state index is 9.95. The Hall–Kier alpha value is -0.280. The van der Waals surface area contributed by atoms with E-state index in [2.05, 4.69) is 16.7 Å². The van der Waals surface area contributed by atoms with Gasteiger partial charge >= 0.3 is 5.43 Å². The lowest BCUT2D eigenvalue weighted by Gasteiger charge is -1.98. The minimum absolute atomic E-state index is 0.429. The smallest absolute Gasteiger partial charge is 0.280 e. The third-order valence-corrected chi connectivity index (χ3v) is 1.27. The zero-order valence-corrected chi connectivity index (χ0v) is 7.39. The summed E-state index contributed by atoms with van der Waals surface area (Å²) in [5.74, 6) is 0. The molecule has 0 amide bonds. The number of carbonyl (C=O) groups excluding carboxylic acids is 1. The summed E-state index contributed by atoms with van der Waals surface area (Å²) in [6, 6.07) is 0. The molecule has 0 N–H and O–H groups in total. The average Bonchev–Trinajstić information content (AvgIpc) is 1.96. The van der Waals surface area contributed by atoms with Crippen LogP contribution in [0.3, 0.4) is 0 Å². The van der Waals surface area contributed by atoms with Crippen LogP contribution in [0.5, 0.6) is 0 Å². The Morgan fingerprint density at radius 1 is 1.36 bits per heavy atom. The molecule has 4 heteroatoms. The Bertz CT molecular complexity index is 106. The van der Waals surface area contributed by atoms with E-state index >= 15 is 0 Å². The van der Waals surface area contributed by atoms with Crippen molar-refractivity contribution in [1.29, 1.82) is 0 Å². The van der Waals surface area contributed by atoms with Gasteiger partial charge in [-0.15, -0.1) is 0 Å². The highest BCUT2D eigenvalue weighted by molar-refractivity contribution is 6.61. The molecular weight excluding hydrogens is 168 g/mol. The van der Waals surface area contributed by atoms with E-state index in [4.69, 9.17) is 11.6 Å². The minimum Gasteiger partial charge on any atom is -0.280 e. The molecule has 0 rings (SSSR count). The minimum atomic E-state index is -0.916. The third kappa shape index (κ3) is 9.72. The van der Waals surface area contributed by atoms with Gasteiger partial charge in [0.2, 0.25) is 0 Å². The van der Waals surface area contributed by atoms with Crippen LogP contribution in [0.25, 0.3) is 0 Å². The number of hydrogen-bond donors (Lipinski definition) is 0. The van der Waals surface area contributed by atoms with Crippen LogP contribution in [-0.2, 0) is 9.78 Å². The molecule has 0 bridgehead atoms. The van der Waals surface area contributed by atoms with E-state index in [1.54, 1.807) is 0 Å². The topological polar surface area (TPSA) is 35.5 Å². The number of rotatable bonds is 6. The van der Waals surface area contributed by atoms with E-state index in [0.717, 1.165) is 12.8 Å². The molecule has 11 heavy (non-hydrogen) atoms. The number of hydrogen-bond acceptors (Lipinski definition) is 3. The van der Waals surface area contributed by atoms with Gasteiger partial charge in [-0.25, -0.2) is 4.79 Å². The Morgan fingerprint density at radius 2 is 2.09 bits per heavy atom. The molecular formula is C7H13ClO3. The molecule has 0 spiro atoms. The molecule has 0 saturated heterocycles. The van der Waals surface area contributed by atoms with Crippen LogP contribution in [0.15, 0.2) is 0 Å². The van der Waals surface area contributed by atoms with Crippen molar-refractivity contribution in [2.24, 2.45) is 0 Å². The summed E-state index contributed by atoms with van der Waals surface area (Å²) >= 11 is 4.83. The lowest BCUT2D eigenvalue weighted by Crippen LogP contribution is -1.98. The van der Waals surface area contributed by atoms with Gasteiger partial charge in [-0.1, -0.05) is 26.2 Å². The summed E-state index contributed by atoms with van der Waals surface area (Å²) in [5, 5.41) is 0. The molecule has 0 aromatic carbocycles. The van der Waals surface area contributed by atoms with Crippen molar-refractivity contribution in [3.63, 3.8) is 0 Å². The summed E-state index contributed by atoms with van der Waals surface area (Å²) in [7, 11) is 0. The van der Waals surface area contributed by atoms with Gasteiger partial charge in [-0.05, 0) is 6.42 Å². The second-order valence-electron chi connectivity index (χ2n) is 2.20. The van der Waals surface area contributed by atoms with E-state index in [1.165, 1.54) is 12.8 Å². The Morgan fingerprint density at radius 3 is 2.64 bits per heavy atom. The molecule has 0 aliphatic carbocycles. The van der Waals surface area contributed by atoms with Crippen LogP contribution >= 0.6 is 11.6 Å². The molecule has 0 unspecified atom stereocenters. The van der Waals surface area contributed by atoms with Crippen LogP contribution in [0.4, 0.5) is 4.79 Å². The second kappa shape index (κ2) is 7.82. The molecule has 66 valence electrons. The first-order chi connectivity index (χ1) is 5.27. The molecule has 0 radical (unpaired) electrons. The van der Waals surface area contributed by atoms with E-state index in [1.807, 2.05) is 0 Å². The predicted molar refractivity (Wildman–Crippen MR) is 42.4 cm³/mol. The van der Waals surface area contributed by atoms with Crippen molar-refractivity contribution in [1.82, 2.24) is 0 Å². The first-order valence-corrected chi connectivity index (χ1v) is 4.14. The zero-order chi connectivity index (χ0) is 8.53. The van der Waals surface area contributed by atoms with Crippen molar-refractivity contribution in [2.75, 3.05) is 6.61 Å². The molecule has 0 atom stereocenters. The van der Waals surface area contributed by atoms with Gasteiger partial charge in [0, 0.05) is 11.6 Å². The van der Waals surface area contributed by atoms with E-state index in [9.17, 15) is 4.79 Å². The number of halogens is 1. The van der Waals surface area contributed by atoms with Gasteiger partial charge < -0.3 is 0 Å². The molecule has 0 aromatic rings. The van der Waals surface area contributed by atoms with E-state index in [0.29, 0.717) is 6.61 Å². The van der Waals surface area contributed by atoms with Crippen LogP contribution in [-0.4, -0.2) is 12.0 Å². The Balaban J connectivity index is 2.85. The van der Waals surface area contributed by atoms with Crippen LogP contribution < -0.4 is 0 Å². The maximum absolute atomic E-state index is 9.95. The van der Waals surface area contributed by atoms with Gasteiger partial charge in [0.1, 0.15) is 0 Å². The second-order valence-corrected chi connectivity index (χ2v) is 2.51. The molecule has 0 heterocycles. The Labute approximate surface area is 71.6 Å². The third-order valence-electron chi connectivity index (χ3n) is 1.21. The van der Waals surface area contributed by atoms with Gasteiger partial charge in [0.05, 0.1) is 6.61 Å². The molecule has 0 aliphatic heterocycles. The summed E-state index contributed by atoms with van der Waals surface area (Å²) in [4.78, 5) is 18.5. The standard InChI is InChI=1S/C7H13ClO3/c1-2-3-4-5-6-10-11-7(8)9/h2-6H2,1H3. The fraction of sp³-hybridized carbons (Fsp3) is 0.857. The Kier molecular flexibility index (Phi) is 7.62. The molecule has 0 saturated carbocycles. The normalized spacial score (nSPS) is 9.64. The van der Waals surface area contributed by atoms with Crippen molar-refractivity contribution in [3.8, 4) is 0 Å². The fourth-order valence-electron chi connectivity index (χ4n) is 0.676. The summed E-state index contributed by atoms with van der Waals surface area (Å²) in [5.41, 5.74) is -0.916. The zero-order valence-electron chi connectivity index (χ0n) is 6.64. The predicted octanol–water partition coefficient (Wildman–Crippen LogP) is 2.87. The van der Waals surface area contributed by atoms with Crippen molar-refractivity contribution < 1.29 is 14.6 Å². The van der Waals surface area contributed by atoms with Gasteiger partial charge in [0.15, 0.2) is 0 Å². The SMILES string of the molecule is CCCCCCOOC(=O)Cl. The van der Waals surface area contributed by atoms with Gasteiger partial charge in [0.25, 0.3) is 0 Å². The van der Waals surface area contributed by atoms with Gasteiger partial charge in [-0.2, -0.15) is 4.89 Å². The van der Waals surface area contributed by atoms with Crippen molar-refractivity contribution in [3.05, 3.63) is 0 Å². The molecule has 0 aromatic heterocycles. The largest absolute Gasteiger partial charge is 0.435 e. The van der Waals surface area contributed by atoms with Crippen LogP contribution in [0.1, 0.15) is 32.6 Å². The summed E-state index contributed by atoms with van der Waals surface area (Å²) in [6.45, 7) is 2.55. The first kappa shape index (κ1) is 10.7. The van der Waals surface area contributed by atoms with Crippen molar-refractivity contribution >= 4 is 17.0 Å². The van der Waals surface area contributed by atoms with Crippen molar-refractivity contribution in [2.45, 2.75) is 32.6 Å². The van der Waals surface area contributed by atoms with Crippen LogP contribution in [0, 0.1) is 0 Å². The molecule has 3 nitrogen and oxygen atoms in total. The summed E-state index contributed by atoms with van der Waals surface area (Å²) in [6.07, 6.45) is 4.35. The first-order valence-electron chi connectivity index (χ1n) is 3.76. The molecule has 0 fully saturated rings. The van der Waals surface area contributed by atoms with E-state index < -0.39 is 5.43 Å². The quantitative estimate of drug-likeness (QED) is 0.273. The van der Waals surface area contributed by atoms with Crippen LogP contribution in [0.2, 0.25) is 0 Å². The summed E-state index contributed by atoms with van der Waals surface area (Å²) < 4.78 is 0. The monoisotopic (exact) mass is 180 g/mol. The highest BCUT2D eigenvalue weighted by atomic mass is 35.5. The highest BCUT2D eigenvalue weighted by Crippen LogP contribution is 1.99. The fourth-order valence-corrected chi connectivity index (χ4v) is 0.720. The maximum Gasteiger partial charge on any atom is 0.435 e. The van der Waals surface area contributed by atoms with Gasteiger partial charge in [-0.3, -0.25) is 4.89 Å². The molecule has 0 aliphatic rings. The van der Waals surface area contributed by atoms with E-state index in [-0.39, 0.29) is 0 Å². The number of unbranched alkanes of at least 4 members (excludes halogenated alkanes) is 3. The highest BCUT2D eigenvalue weighted by Gasteiger charge is 1.95. The lowest BCUT2D eigenvalue weighted by molar-refractivity contribution is -0.231. The average molecular weight is 181 g/mol. The lowest BCUT2D eigenvalue weighted by atomic mass is 10.2. The number of carbonyl (C=O) groups is 1.